The molecule has 20 heavy (non-hydrogen) atoms. The van der Waals surface area contributed by atoms with Gasteiger partial charge in [-0.1, -0.05) is 11.3 Å². The zero-order valence-corrected chi connectivity index (χ0v) is 11.3. The van der Waals surface area contributed by atoms with Gasteiger partial charge in [-0.05, 0) is 6.07 Å². The first kappa shape index (κ1) is 12.4. The summed E-state index contributed by atoms with van der Waals surface area (Å²) in [4.78, 5) is 16.3. The number of methoxy groups -OCH3 is 1. The number of nitrogens with two attached hydrogens (primary N) is 1. The minimum atomic E-state index is -0.273. The smallest absolute Gasteiger partial charge is 0.260 e. The number of hydrogen-bond acceptors (Lipinski definition) is 6. The fourth-order valence-electron chi connectivity index (χ4n) is 1.77. The molecule has 7 nitrogen and oxygen atoms in total. The molecule has 1 amide bonds. The largest absolute Gasteiger partial charge is 0.494 e. The molecule has 0 spiro atoms. The molecule has 4 N–H and O–H groups in total. The lowest BCUT2D eigenvalue weighted by molar-refractivity contribution is 0.102. The molecule has 0 saturated carbocycles. The van der Waals surface area contributed by atoms with Crippen LogP contribution in [0.15, 0.2) is 24.5 Å². The average Bonchev–Trinajstić information content (AvgIpc) is 3.05. The third kappa shape index (κ3) is 2.16. The predicted molar refractivity (Wildman–Crippen MR) is 77.1 cm³/mol. The van der Waals surface area contributed by atoms with Gasteiger partial charge in [-0.2, -0.15) is 5.10 Å². The maximum atomic E-state index is 11.9. The van der Waals surface area contributed by atoms with Crippen molar-refractivity contribution in [1.29, 1.82) is 0 Å². The molecule has 0 aliphatic heterocycles. The molecular formula is C12H11N5O2S. The summed E-state index contributed by atoms with van der Waals surface area (Å²) in [6.07, 6.45) is 2.96. The fourth-order valence-corrected chi connectivity index (χ4v) is 2.70. The van der Waals surface area contributed by atoms with Crippen LogP contribution >= 0.6 is 11.3 Å². The number of anilines is 2. The lowest BCUT2D eigenvalue weighted by Gasteiger charge is -2.01. The van der Waals surface area contributed by atoms with Crippen LogP contribution in [-0.4, -0.2) is 28.2 Å². The Hall–Kier alpha value is -2.61. The number of nitrogen functional groups attached to an aromatic ring is 1. The Morgan fingerprint density at radius 2 is 2.35 bits per heavy atom. The van der Waals surface area contributed by atoms with E-state index in [9.17, 15) is 4.79 Å². The zero-order valence-electron chi connectivity index (χ0n) is 10.5. The lowest BCUT2D eigenvalue weighted by Crippen LogP contribution is -2.10. The van der Waals surface area contributed by atoms with E-state index in [2.05, 4.69) is 20.5 Å². The first-order valence-corrected chi connectivity index (χ1v) is 6.53. The third-order valence-corrected chi connectivity index (χ3v) is 3.60. The molecule has 0 radical (unpaired) electrons. The van der Waals surface area contributed by atoms with Crippen LogP contribution in [0.1, 0.15) is 10.4 Å². The second-order valence-electron chi connectivity index (χ2n) is 4.03. The van der Waals surface area contributed by atoms with Crippen LogP contribution in [-0.2, 0) is 0 Å². The van der Waals surface area contributed by atoms with Gasteiger partial charge < -0.3 is 10.5 Å². The maximum absolute atomic E-state index is 11.9. The number of nitrogens with zero attached hydrogens (tertiary/aromatic N) is 2. The molecule has 3 aromatic rings. The van der Waals surface area contributed by atoms with Gasteiger partial charge >= 0.3 is 0 Å². The number of carbonyl (C=O) groups excluding carboxylic acids is 1. The van der Waals surface area contributed by atoms with Crippen molar-refractivity contribution in [3.63, 3.8) is 0 Å². The SMILES string of the molecule is COc1cc(N)cc2sc(NC(=O)c3cn[nH]c3)nc12. The first-order chi connectivity index (χ1) is 9.67. The summed E-state index contributed by atoms with van der Waals surface area (Å²) >= 11 is 1.33. The predicted octanol–water partition coefficient (Wildman–Crippen LogP) is 1.86. The van der Waals surface area contributed by atoms with Gasteiger partial charge in [0.25, 0.3) is 5.91 Å². The second-order valence-corrected chi connectivity index (χ2v) is 5.06. The second kappa shape index (κ2) is 4.82. The van der Waals surface area contributed by atoms with Crippen molar-refractivity contribution in [1.82, 2.24) is 15.2 Å². The molecule has 2 aromatic heterocycles. The quantitative estimate of drug-likeness (QED) is 0.638. The van der Waals surface area contributed by atoms with Gasteiger partial charge in [-0.25, -0.2) is 4.98 Å². The van der Waals surface area contributed by atoms with Crippen LogP contribution in [0.2, 0.25) is 0 Å². The normalized spacial score (nSPS) is 10.7. The van der Waals surface area contributed by atoms with Crippen molar-refractivity contribution >= 4 is 38.3 Å². The van der Waals surface area contributed by atoms with E-state index >= 15 is 0 Å². The van der Waals surface area contributed by atoms with Gasteiger partial charge in [0.1, 0.15) is 11.3 Å². The van der Waals surface area contributed by atoms with E-state index in [1.807, 2.05) is 0 Å². The van der Waals surface area contributed by atoms with Crippen molar-refractivity contribution in [2.75, 3.05) is 18.2 Å². The van der Waals surface area contributed by atoms with Gasteiger partial charge in [-0.3, -0.25) is 15.2 Å². The number of aromatic amines is 1. The number of aromatic nitrogens is 3. The monoisotopic (exact) mass is 289 g/mol. The van der Waals surface area contributed by atoms with E-state index in [0.29, 0.717) is 27.6 Å². The van der Waals surface area contributed by atoms with E-state index in [1.165, 1.54) is 23.7 Å². The number of fused-ring (bicyclic) bond motifs is 1. The van der Waals surface area contributed by atoms with Crippen LogP contribution in [0.3, 0.4) is 0 Å². The highest BCUT2D eigenvalue weighted by Crippen LogP contribution is 2.34. The van der Waals surface area contributed by atoms with Crippen LogP contribution in [0, 0.1) is 0 Å². The highest BCUT2D eigenvalue weighted by atomic mass is 32.1. The number of benzene rings is 1. The highest BCUT2D eigenvalue weighted by Gasteiger charge is 2.13. The van der Waals surface area contributed by atoms with Crippen LogP contribution in [0.25, 0.3) is 10.2 Å². The zero-order chi connectivity index (χ0) is 14.1. The molecule has 2 heterocycles. The summed E-state index contributed by atoms with van der Waals surface area (Å²) in [6.45, 7) is 0. The van der Waals surface area contributed by atoms with E-state index in [4.69, 9.17) is 10.5 Å². The van der Waals surface area contributed by atoms with Crippen molar-refractivity contribution in [3.05, 3.63) is 30.1 Å². The average molecular weight is 289 g/mol. The fraction of sp³-hybridized carbons (Fsp3) is 0.0833. The maximum Gasteiger partial charge on any atom is 0.260 e. The van der Waals surface area contributed by atoms with Crippen molar-refractivity contribution in [2.45, 2.75) is 0 Å². The Morgan fingerprint density at radius 1 is 1.50 bits per heavy atom. The number of carbonyl (C=O) groups is 1. The van der Waals surface area contributed by atoms with Gasteiger partial charge in [0.15, 0.2) is 5.13 Å². The molecule has 1 aromatic carbocycles. The van der Waals surface area contributed by atoms with Crippen LogP contribution < -0.4 is 15.8 Å². The summed E-state index contributed by atoms with van der Waals surface area (Å²) < 4.78 is 6.09. The Bertz CT molecular complexity index is 766. The Balaban J connectivity index is 1.95. The molecule has 0 atom stereocenters. The van der Waals surface area contributed by atoms with Crippen LogP contribution in [0.4, 0.5) is 10.8 Å². The number of nitrogens with one attached hydrogen (secondary N) is 2. The van der Waals surface area contributed by atoms with Gasteiger partial charge in [0.2, 0.25) is 0 Å². The molecule has 0 aliphatic rings. The van der Waals surface area contributed by atoms with Crippen molar-refractivity contribution < 1.29 is 9.53 Å². The minimum Gasteiger partial charge on any atom is -0.494 e. The summed E-state index contributed by atoms with van der Waals surface area (Å²) in [5, 5.41) is 9.51. The van der Waals surface area contributed by atoms with Gasteiger partial charge in [0.05, 0.1) is 23.6 Å². The number of thiazole rings is 1. The number of H-pyrrole nitrogens is 1. The molecule has 8 heteroatoms. The van der Waals surface area contributed by atoms with E-state index in [-0.39, 0.29) is 5.91 Å². The number of amides is 1. The van der Waals surface area contributed by atoms with E-state index in [0.717, 1.165) is 4.70 Å². The lowest BCUT2D eigenvalue weighted by atomic mass is 10.3. The molecule has 0 bridgehead atoms. The highest BCUT2D eigenvalue weighted by molar-refractivity contribution is 7.22. The first-order valence-electron chi connectivity index (χ1n) is 5.71. The van der Waals surface area contributed by atoms with Crippen LogP contribution in [0.5, 0.6) is 5.75 Å². The molecule has 0 unspecified atom stereocenters. The number of rotatable bonds is 3. The van der Waals surface area contributed by atoms with E-state index < -0.39 is 0 Å². The topological polar surface area (TPSA) is 106 Å². The molecule has 102 valence electrons. The molecule has 0 saturated heterocycles. The molecule has 3 rings (SSSR count). The number of hydrogen-bond donors (Lipinski definition) is 3. The van der Waals surface area contributed by atoms with E-state index in [1.54, 1.807) is 19.2 Å². The summed E-state index contributed by atoms with van der Waals surface area (Å²) in [6, 6.07) is 3.49. The Kier molecular flexibility index (Phi) is 2.99. The van der Waals surface area contributed by atoms with Crippen molar-refractivity contribution in [3.8, 4) is 5.75 Å². The summed E-state index contributed by atoms with van der Waals surface area (Å²) in [7, 11) is 1.55. The summed E-state index contributed by atoms with van der Waals surface area (Å²) in [5.74, 6) is 0.310. The molecular weight excluding hydrogens is 278 g/mol. The van der Waals surface area contributed by atoms with Gasteiger partial charge in [-0.15, -0.1) is 0 Å². The van der Waals surface area contributed by atoms with Crippen molar-refractivity contribution in [2.24, 2.45) is 0 Å². The molecule has 0 aliphatic carbocycles. The van der Waals surface area contributed by atoms with Gasteiger partial charge in [0, 0.05) is 18.0 Å². The number of ether oxygens (including phenoxy) is 1. The Labute approximate surface area is 117 Å². The summed E-state index contributed by atoms with van der Waals surface area (Å²) in [5.41, 5.74) is 7.49. The minimum absolute atomic E-state index is 0.273. The molecule has 0 fully saturated rings. The Morgan fingerprint density at radius 3 is 3.05 bits per heavy atom. The standard InChI is InChI=1S/C12H11N5O2S/c1-19-8-2-7(13)3-9-10(8)16-12(20-9)17-11(18)6-4-14-15-5-6/h2-5H,13H2,1H3,(H,14,15)(H,16,17,18). The third-order valence-electron chi connectivity index (χ3n) is 2.68.